The number of benzene rings is 2. The Hall–Kier alpha value is -2.68. The van der Waals surface area contributed by atoms with Crippen LogP contribution in [0.15, 0.2) is 70.8 Å². The molecule has 1 N–H and O–H groups in total. The fraction of sp³-hybridized carbons (Fsp3) is 0.400. The topological polar surface area (TPSA) is 93.1 Å². The molecule has 1 aliphatic rings. The summed E-state index contributed by atoms with van der Waals surface area (Å²) in [5.41, 5.74) is 1.78. The van der Waals surface area contributed by atoms with E-state index in [0.29, 0.717) is 12.8 Å². The molecule has 1 aliphatic heterocycles. The van der Waals surface area contributed by atoms with E-state index < -0.39 is 28.1 Å². The van der Waals surface area contributed by atoms with Crippen molar-refractivity contribution >= 4 is 16.0 Å². The third-order valence-electron chi connectivity index (χ3n) is 5.75. The Morgan fingerprint density at radius 1 is 1.12 bits per heavy atom. The molecule has 3 rings (SSSR count). The first kappa shape index (κ1) is 25.0. The van der Waals surface area contributed by atoms with E-state index in [9.17, 15) is 18.3 Å². The zero-order valence-corrected chi connectivity index (χ0v) is 20.0. The first-order valence-corrected chi connectivity index (χ1v) is 12.5. The molecule has 33 heavy (non-hydrogen) atoms. The first-order chi connectivity index (χ1) is 15.8. The summed E-state index contributed by atoms with van der Waals surface area (Å²) in [4.78, 5) is 12.8. The zero-order valence-electron chi connectivity index (χ0n) is 19.2. The largest absolute Gasteiger partial charge is 0.512 e. The standard InChI is InChI=1S/C25H31NO6S/c1-4-8-20-15-23(27)24(25(28)31-3)22(17-32-16-19-9-6-5-7-10-19)26(20)33(29,30)21-13-11-18(2)12-14-21/h5-7,9-14,20,22,27H,4,8,15-17H2,1-3H3/t20-,22+/m1/s1. The van der Waals surface area contributed by atoms with Gasteiger partial charge in [0, 0.05) is 12.5 Å². The number of methoxy groups -OCH3 is 1. The second-order valence-electron chi connectivity index (χ2n) is 8.16. The van der Waals surface area contributed by atoms with Crippen LogP contribution in [0.5, 0.6) is 0 Å². The van der Waals surface area contributed by atoms with E-state index in [1.54, 1.807) is 24.3 Å². The van der Waals surface area contributed by atoms with E-state index in [0.717, 1.165) is 11.1 Å². The quantitative estimate of drug-likeness (QED) is 0.551. The summed E-state index contributed by atoms with van der Waals surface area (Å²) in [5, 5.41) is 10.7. The predicted octanol–water partition coefficient (Wildman–Crippen LogP) is 4.13. The van der Waals surface area contributed by atoms with Crippen molar-refractivity contribution in [3.63, 3.8) is 0 Å². The van der Waals surface area contributed by atoms with Crippen LogP contribution in [-0.2, 0) is 30.9 Å². The van der Waals surface area contributed by atoms with Crippen LogP contribution in [0.3, 0.4) is 0 Å². The van der Waals surface area contributed by atoms with Crippen molar-refractivity contribution in [3.05, 3.63) is 77.1 Å². The Kier molecular flexibility index (Phi) is 8.29. The van der Waals surface area contributed by atoms with Crippen LogP contribution in [0.2, 0.25) is 0 Å². The minimum absolute atomic E-state index is 0.0402. The molecule has 0 fully saturated rings. The van der Waals surface area contributed by atoms with E-state index >= 15 is 0 Å². The Morgan fingerprint density at radius 3 is 2.39 bits per heavy atom. The maximum Gasteiger partial charge on any atom is 0.338 e. The average molecular weight is 474 g/mol. The normalized spacial score (nSPS) is 19.5. The van der Waals surface area contributed by atoms with Crippen molar-refractivity contribution in [2.45, 2.75) is 56.7 Å². The van der Waals surface area contributed by atoms with Gasteiger partial charge in [0.25, 0.3) is 0 Å². The van der Waals surface area contributed by atoms with Crippen LogP contribution in [0.1, 0.15) is 37.3 Å². The number of hydrogen-bond acceptors (Lipinski definition) is 6. The van der Waals surface area contributed by atoms with Gasteiger partial charge in [-0.1, -0.05) is 61.4 Å². The molecule has 8 heteroatoms. The fourth-order valence-corrected chi connectivity index (χ4v) is 5.94. The monoisotopic (exact) mass is 473 g/mol. The lowest BCUT2D eigenvalue weighted by Gasteiger charge is -2.41. The number of sulfonamides is 1. The molecule has 0 radical (unpaired) electrons. The molecule has 2 aromatic rings. The second-order valence-corrected chi connectivity index (χ2v) is 10.0. The third-order valence-corrected chi connectivity index (χ3v) is 7.73. The fourth-order valence-electron chi connectivity index (χ4n) is 4.14. The van der Waals surface area contributed by atoms with E-state index in [-0.39, 0.29) is 35.9 Å². The summed E-state index contributed by atoms with van der Waals surface area (Å²) < 4.78 is 39.7. The Morgan fingerprint density at radius 2 is 1.79 bits per heavy atom. The number of nitrogens with zero attached hydrogens (tertiary/aromatic N) is 1. The van der Waals surface area contributed by atoms with Crippen LogP contribution in [-0.4, -0.2) is 49.6 Å². The van der Waals surface area contributed by atoms with Gasteiger partial charge in [-0.15, -0.1) is 0 Å². The summed E-state index contributed by atoms with van der Waals surface area (Å²) in [6.45, 7) is 3.97. The highest BCUT2D eigenvalue weighted by Gasteiger charge is 2.46. The van der Waals surface area contributed by atoms with Gasteiger partial charge in [0.15, 0.2) is 0 Å². The molecule has 0 aliphatic carbocycles. The molecule has 0 bridgehead atoms. The molecule has 178 valence electrons. The first-order valence-electron chi connectivity index (χ1n) is 11.0. The van der Waals surface area contributed by atoms with E-state index in [4.69, 9.17) is 9.47 Å². The van der Waals surface area contributed by atoms with Crippen LogP contribution in [0.25, 0.3) is 0 Å². The minimum Gasteiger partial charge on any atom is -0.512 e. The molecule has 2 atom stereocenters. The Balaban J connectivity index is 2.03. The number of esters is 1. The van der Waals surface area contributed by atoms with Gasteiger partial charge in [-0.05, 0) is 31.0 Å². The van der Waals surface area contributed by atoms with Crippen molar-refractivity contribution in [2.75, 3.05) is 13.7 Å². The smallest absolute Gasteiger partial charge is 0.338 e. The van der Waals surface area contributed by atoms with Crippen LogP contribution < -0.4 is 0 Å². The summed E-state index contributed by atoms with van der Waals surface area (Å²) in [7, 11) is -2.78. The van der Waals surface area contributed by atoms with E-state index in [1.807, 2.05) is 44.2 Å². The number of rotatable bonds is 9. The van der Waals surface area contributed by atoms with Gasteiger partial charge in [0.2, 0.25) is 10.0 Å². The summed E-state index contributed by atoms with van der Waals surface area (Å²) in [6, 6.07) is 14.5. The lowest BCUT2D eigenvalue weighted by molar-refractivity contribution is -0.137. The molecule has 0 saturated heterocycles. The maximum absolute atomic E-state index is 13.8. The van der Waals surface area contributed by atoms with Crippen LogP contribution in [0.4, 0.5) is 0 Å². The van der Waals surface area contributed by atoms with Crippen molar-refractivity contribution < 1.29 is 27.8 Å². The van der Waals surface area contributed by atoms with Gasteiger partial charge < -0.3 is 14.6 Å². The number of hydrogen-bond donors (Lipinski definition) is 1. The van der Waals surface area contributed by atoms with E-state index in [1.165, 1.54) is 11.4 Å². The number of aryl methyl sites for hydroxylation is 1. The SMILES string of the molecule is CCC[C@@H]1CC(O)=C(C(=O)OC)[C@H](COCc2ccccc2)N1S(=O)(=O)c1ccc(C)cc1. The van der Waals surface area contributed by atoms with Crippen molar-refractivity contribution in [1.29, 1.82) is 0 Å². The molecule has 1 heterocycles. The van der Waals surface area contributed by atoms with Gasteiger partial charge in [-0.2, -0.15) is 4.31 Å². The Bertz CT molecular complexity index is 1080. The molecular formula is C25H31NO6S. The van der Waals surface area contributed by atoms with Crippen LogP contribution >= 0.6 is 0 Å². The number of aliphatic hydroxyl groups is 1. The van der Waals surface area contributed by atoms with Crippen molar-refractivity contribution in [3.8, 4) is 0 Å². The molecule has 0 aromatic heterocycles. The van der Waals surface area contributed by atoms with Gasteiger partial charge in [0.1, 0.15) is 5.76 Å². The molecule has 0 saturated carbocycles. The molecule has 2 aromatic carbocycles. The summed E-state index contributed by atoms with van der Waals surface area (Å²) in [6.07, 6.45) is 1.28. The van der Waals surface area contributed by atoms with Gasteiger partial charge >= 0.3 is 5.97 Å². The predicted molar refractivity (Wildman–Crippen MR) is 125 cm³/mol. The van der Waals surface area contributed by atoms with Crippen molar-refractivity contribution in [2.24, 2.45) is 0 Å². The van der Waals surface area contributed by atoms with Gasteiger partial charge in [0.05, 0.1) is 36.8 Å². The second kappa shape index (κ2) is 11.0. The maximum atomic E-state index is 13.8. The van der Waals surface area contributed by atoms with Gasteiger partial charge in [-0.3, -0.25) is 0 Å². The lowest BCUT2D eigenvalue weighted by Crippen LogP contribution is -2.54. The Labute approximate surface area is 195 Å². The van der Waals surface area contributed by atoms with Crippen molar-refractivity contribution in [1.82, 2.24) is 4.31 Å². The molecule has 0 unspecified atom stereocenters. The molecule has 0 amide bonds. The average Bonchev–Trinajstić information content (AvgIpc) is 2.79. The highest BCUT2D eigenvalue weighted by Crippen LogP contribution is 2.35. The summed E-state index contributed by atoms with van der Waals surface area (Å²) in [5.74, 6) is -0.913. The zero-order chi connectivity index (χ0) is 24.0. The highest BCUT2D eigenvalue weighted by molar-refractivity contribution is 7.89. The minimum atomic E-state index is -3.99. The number of carbonyl (C=O) groups excluding carboxylic acids is 1. The summed E-state index contributed by atoms with van der Waals surface area (Å²) >= 11 is 0. The lowest BCUT2D eigenvalue weighted by atomic mass is 9.93. The number of aliphatic hydroxyl groups excluding tert-OH is 1. The molecular weight excluding hydrogens is 442 g/mol. The van der Waals surface area contributed by atoms with E-state index in [2.05, 4.69) is 0 Å². The molecule has 7 nitrogen and oxygen atoms in total. The molecule has 0 spiro atoms. The third kappa shape index (κ3) is 5.63. The number of carbonyl (C=O) groups is 1. The van der Waals surface area contributed by atoms with Gasteiger partial charge in [-0.25, -0.2) is 13.2 Å². The number of ether oxygens (including phenoxy) is 2. The highest BCUT2D eigenvalue weighted by atomic mass is 32.2. The van der Waals surface area contributed by atoms with Crippen LogP contribution in [0, 0.1) is 6.92 Å².